The predicted molar refractivity (Wildman–Crippen MR) is 77.5 cm³/mol. The molecule has 0 aliphatic heterocycles. The summed E-state index contributed by atoms with van der Waals surface area (Å²) in [5.41, 5.74) is 3.43. The van der Waals surface area contributed by atoms with Crippen LogP contribution in [0.4, 0.5) is 0 Å². The van der Waals surface area contributed by atoms with Gasteiger partial charge in [0.25, 0.3) is 0 Å². The van der Waals surface area contributed by atoms with Gasteiger partial charge in [0, 0.05) is 0 Å². The van der Waals surface area contributed by atoms with Gasteiger partial charge in [-0.15, -0.1) is 6.58 Å². The Morgan fingerprint density at radius 1 is 1.56 bits per heavy atom. The van der Waals surface area contributed by atoms with Crippen molar-refractivity contribution < 1.29 is 4.74 Å². The zero-order chi connectivity index (χ0) is 13.1. The molecule has 0 fully saturated rings. The summed E-state index contributed by atoms with van der Waals surface area (Å²) in [6.07, 6.45) is 1.86. The number of aromatic amines is 1. The average molecular weight is 262 g/mol. The molecule has 96 valence electrons. The quantitative estimate of drug-likeness (QED) is 0.659. The fraction of sp³-hybridized carbons (Fsp3) is 0.357. The molecule has 0 amide bonds. The first-order chi connectivity index (χ1) is 8.61. The van der Waals surface area contributed by atoms with E-state index in [1.165, 1.54) is 5.56 Å². The van der Waals surface area contributed by atoms with Crippen molar-refractivity contribution >= 4 is 23.3 Å². The van der Waals surface area contributed by atoms with Crippen LogP contribution in [0.15, 0.2) is 30.9 Å². The number of nitrogens with zero attached hydrogens (tertiary/aromatic N) is 1. The third kappa shape index (κ3) is 2.71. The van der Waals surface area contributed by atoms with E-state index in [1.807, 2.05) is 6.92 Å². The van der Waals surface area contributed by atoms with Crippen molar-refractivity contribution in [2.45, 2.75) is 26.5 Å². The van der Waals surface area contributed by atoms with Crippen LogP contribution in [-0.2, 0) is 11.3 Å². The number of rotatable bonds is 5. The van der Waals surface area contributed by atoms with Gasteiger partial charge in [0.1, 0.15) is 0 Å². The average Bonchev–Trinajstić information content (AvgIpc) is 2.63. The maximum atomic E-state index is 5.60. The Balaban J connectivity index is 2.32. The minimum atomic E-state index is 0.106. The van der Waals surface area contributed by atoms with E-state index >= 15 is 0 Å². The molecule has 2 rings (SSSR count). The summed E-state index contributed by atoms with van der Waals surface area (Å²) >= 11 is 5.36. The van der Waals surface area contributed by atoms with E-state index in [4.69, 9.17) is 17.0 Å². The van der Waals surface area contributed by atoms with E-state index in [2.05, 4.69) is 41.3 Å². The second-order valence-corrected chi connectivity index (χ2v) is 4.88. The van der Waals surface area contributed by atoms with E-state index in [0.717, 1.165) is 22.3 Å². The van der Waals surface area contributed by atoms with Crippen molar-refractivity contribution in [2.24, 2.45) is 0 Å². The van der Waals surface area contributed by atoms with Crippen molar-refractivity contribution in [1.29, 1.82) is 0 Å². The molecule has 18 heavy (non-hydrogen) atoms. The maximum Gasteiger partial charge on any atom is 0.178 e. The van der Waals surface area contributed by atoms with Crippen LogP contribution in [-0.4, -0.2) is 22.3 Å². The molecule has 1 heterocycles. The van der Waals surface area contributed by atoms with Crippen LogP contribution in [0.2, 0.25) is 0 Å². The molecular weight excluding hydrogens is 244 g/mol. The van der Waals surface area contributed by atoms with Gasteiger partial charge < -0.3 is 14.3 Å². The first-order valence-electron chi connectivity index (χ1n) is 6.03. The van der Waals surface area contributed by atoms with Crippen molar-refractivity contribution in [3.63, 3.8) is 0 Å². The third-order valence-electron chi connectivity index (χ3n) is 2.87. The number of ether oxygens (including phenoxy) is 1. The van der Waals surface area contributed by atoms with E-state index in [0.29, 0.717) is 6.61 Å². The molecule has 0 aliphatic rings. The van der Waals surface area contributed by atoms with Crippen LogP contribution in [0.3, 0.4) is 0 Å². The first-order valence-corrected chi connectivity index (χ1v) is 6.44. The second kappa shape index (κ2) is 5.50. The fourth-order valence-electron chi connectivity index (χ4n) is 1.99. The standard InChI is InChI=1S/C14H18N2OS/c1-4-7-17-11(3)9-16-13-8-10(2)5-6-12(13)15-14(16)18/h4-6,8,11H,1,7,9H2,2-3H3,(H,15,18). The Kier molecular flexibility index (Phi) is 3.99. The Hall–Kier alpha value is -1.39. The molecule has 1 aromatic carbocycles. The number of hydrogen-bond donors (Lipinski definition) is 1. The second-order valence-electron chi connectivity index (χ2n) is 4.49. The minimum Gasteiger partial charge on any atom is -0.373 e. The topological polar surface area (TPSA) is 29.9 Å². The van der Waals surface area contributed by atoms with Gasteiger partial charge in [-0.1, -0.05) is 12.1 Å². The SMILES string of the molecule is C=CCOC(C)Cn1c(=S)[nH]c2ccc(C)cc21. The molecule has 0 bridgehead atoms. The van der Waals surface area contributed by atoms with Crippen LogP contribution in [0.1, 0.15) is 12.5 Å². The molecule has 1 aromatic heterocycles. The van der Waals surface area contributed by atoms with Crippen LogP contribution < -0.4 is 0 Å². The molecular formula is C14H18N2OS. The molecule has 1 N–H and O–H groups in total. The lowest BCUT2D eigenvalue weighted by Gasteiger charge is -2.13. The molecule has 0 radical (unpaired) electrons. The number of imidazole rings is 1. The van der Waals surface area contributed by atoms with Crippen molar-refractivity contribution in [3.05, 3.63) is 41.2 Å². The summed E-state index contributed by atoms with van der Waals surface area (Å²) in [6.45, 7) is 9.08. The number of fused-ring (bicyclic) bond motifs is 1. The molecule has 4 heteroatoms. The zero-order valence-corrected chi connectivity index (χ0v) is 11.6. The highest BCUT2D eigenvalue weighted by atomic mass is 32.1. The number of H-pyrrole nitrogens is 1. The van der Waals surface area contributed by atoms with E-state index < -0.39 is 0 Å². The highest BCUT2D eigenvalue weighted by molar-refractivity contribution is 7.71. The van der Waals surface area contributed by atoms with Crippen LogP contribution in [0.25, 0.3) is 11.0 Å². The van der Waals surface area contributed by atoms with Crippen molar-refractivity contribution in [2.75, 3.05) is 6.61 Å². The molecule has 3 nitrogen and oxygen atoms in total. The number of nitrogens with one attached hydrogen (secondary N) is 1. The van der Waals surface area contributed by atoms with Crippen molar-refractivity contribution in [3.8, 4) is 0 Å². The van der Waals surface area contributed by atoms with Crippen LogP contribution in [0, 0.1) is 11.7 Å². The van der Waals surface area contributed by atoms with Gasteiger partial charge in [-0.05, 0) is 43.8 Å². The van der Waals surface area contributed by atoms with E-state index in [9.17, 15) is 0 Å². The Morgan fingerprint density at radius 2 is 2.33 bits per heavy atom. The molecule has 2 aromatic rings. The summed E-state index contributed by atoms with van der Waals surface area (Å²) in [4.78, 5) is 3.22. The lowest BCUT2D eigenvalue weighted by molar-refractivity contribution is 0.0759. The Bertz CT molecular complexity index is 612. The smallest absolute Gasteiger partial charge is 0.178 e. The van der Waals surface area contributed by atoms with Gasteiger partial charge in [0.15, 0.2) is 4.77 Å². The molecule has 0 saturated heterocycles. The Labute approximate surface area is 112 Å². The fourth-order valence-corrected chi connectivity index (χ4v) is 2.27. The lowest BCUT2D eigenvalue weighted by atomic mass is 10.2. The van der Waals surface area contributed by atoms with Gasteiger partial charge >= 0.3 is 0 Å². The largest absolute Gasteiger partial charge is 0.373 e. The summed E-state index contributed by atoms with van der Waals surface area (Å²) in [7, 11) is 0. The van der Waals surface area contributed by atoms with Gasteiger partial charge in [-0.3, -0.25) is 0 Å². The predicted octanol–water partition coefficient (Wildman–Crippen LogP) is 3.60. The highest BCUT2D eigenvalue weighted by Gasteiger charge is 2.08. The number of hydrogen-bond acceptors (Lipinski definition) is 2. The summed E-state index contributed by atoms with van der Waals surface area (Å²) in [6, 6.07) is 6.28. The molecule has 1 unspecified atom stereocenters. The van der Waals surface area contributed by atoms with Crippen LogP contribution >= 0.6 is 12.2 Å². The monoisotopic (exact) mass is 262 g/mol. The van der Waals surface area contributed by atoms with E-state index in [-0.39, 0.29) is 6.10 Å². The first kappa shape index (κ1) is 13.1. The zero-order valence-electron chi connectivity index (χ0n) is 10.8. The molecule has 1 atom stereocenters. The van der Waals surface area contributed by atoms with Gasteiger partial charge in [-0.25, -0.2) is 0 Å². The highest BCUT2D eigenvalue weighted by Crippen LogP contribution is 2.16. The molecule has 0 spiro atoms. The number of aromatic nitrogens is 2. The van der Waals surface area contributed by atoms with Gasteiger partial charge in [-0.2, -0.15) is 0 Å². The van der Waals surface area contributed by atoms with Crippen LogP contribution in [0.5, 0.6) is 0 Å². The summed E-state index contributed by atoms with van der Waals surface area (Å²) in [5.74, 6) is 0. The molecule has 0 saturated carbocycles. The van der Waals surface area contributed by atoms with Gasteiger partial charge in [0.2, 0.25) is 0 Å². The number of aryl methyl sites for hydroxylation is 1. The third-order valence-corrected chi connectivity index (χ3v) is 3.19. The number of benzene rings is 1. The Morgan fingerprint density at radius 3 is 3.06 bits per heavy atom. The lowest BCUT2D eigenvalue weighted by Crippen LogP contribution is -2.16. The summed E-state index contributed by atoms with van der Waals surface area (Å²) in [5, 5.41) is 0. The molecule has 0 aliphatic carbocycles. The minimum absolute atomic E-state index is 0.106. The van der Waals surface area contributed by atoms with E-state index in [1.54, 1.807) is 6.08 Å². The normalized spacial score (nSPS) is 12.8. The summed E-state index contributed by atoms with van der Waals surface area (Å²) < 4.78 is 8.43. The maximum absolute atomic E-state index is 5.60. The van der Waals surface area contributed by atoms with Gasteiger partial charge in [0.05, 0.1) is 30.3 Å². The van der Waals surface area contributed by atoms with Crippen molar-refractivity contribution in [1.82, 2.24) is 9.55 Å².